The Morgan fingerprint density at radius 3 is 2.40 bits per heavy atom. The summed E-state index contributed by atoms with van der Waals surface area (Å²) in [7, 11) is 7.00. The molecule has 35 heavy (non-hydrogen) atoms. The Morgan fingerprint density at radius 2 is 1.77 bits per heavy atom. The molecule has 2 aliphatic heterocycles. The highest BCUT2D eigenvalue weighted by Gasteiger charge is 2.63. The van der Waals surface area contributed by atoms with Gasteiger partial charge in [0, 0.05) is 36.9 Å². The highest BCUT2D eigenvalue weighted by atomic mass is 35.5. The monoisotopic (exact) mass is 497 g/mol. The van der Waals surface area contributed by atoms with E-state index in [-0.39, 0.29) is 40.4 Å². The topological polar surface area (TPSA) is 74.3 Å². The lowest BCUT2D eigenvalue weighted by Gasteiger charge is -2.37. The fourth-order valence-electron chi connectivity index (χ4n) is 5.32. The van der Waals surface area contributed by atoms with Gasteiger partial charge >= 0.3 is 0 Å². The van der Waals surface area contributed by atoms with Gasteiger partial charge in [-0.1, -0.05) is 42.8 Å². The molecule has 0 saturated heterocycles. The van der Waals surface area contributed by atoms with Crippen LogP contribution in [0.3, 0.4) is 0 Å². The van der Waals surface area contributed by atoms with Crippen molar-refractivity contribution < 1.29 is 28.5 Å². The summed E-state index contributed by atoms with van der Waals surface area (Å²) in [5, 5.41) is 0.186. The second kappa shape index (κ2) is 8.57. The van der Waals surface area contributed by atoms with Crippen LogP contribution in [-0.4, -0.2) is 50.4 Å². The Balaban J connectivity index is 1.55. The van der Waals surface area contributed by atoms with Crippen LogP contribution in [0.1, 0.15) is 47.4 Å². The largest absolute Gasteiger partial charge is 0.496 e. The van der Waals surface area contributed by atoms with Gasteiger partial charge in [0.05, 0.1) is 14.2 Å². The lowest BCUT2D eigenvalue weighted by molar-refractivity contribution is -0.119. The molecule has 0 radical (unpaired) electrons. The van der Waals surface area contributed by atoms with Crippen molar-refractivity contribution in [2.24, 2.45) is 5.92 Å². The zero-order valence-corrected chi connectivity index (χ0v) is 21.2. The van der Waals surface area contributed by atoms with Gasteiger partial charge in [0.25, 0.3) is 0 Å². The van der Waals surface area contributed by atoms with Crippen molar-refractivity contribution in [2.45, 2.75) is 38.0 Å². The summed E-state index contributed by atoms with van der Waals surface area (Å²) in [4.78, 5) is 29.2. The molecule has 0 fully saturated rings. The third kappa shape index (κ3) is 3.52. The number of hydrogen-bond donors (Lipinski definition) is 0. The van der Waals surface area contributed by atoms with Crippen molar-refractivity contribution in [1.29, 1.82) is 0 Å². The van der Waals surface area contributed by atoms with E-state index in [1.54, 1.807) is 6.07 Å². The van der Waals surface area contributed by atoms with E-state index in [1.807, 2.05) is 33.2 Å². The van der Waals surface area contributed by atoms with Gasteiger partial charge in [0.15, 0.2) is 17.3 Å². The van der Waals surface area contributed by atoms with E-state index >= 15 is 0 Å². The fraction of sp³-hybridized carbons (Fsp3) is 0.407. The molecular formula is C27H28ClNO6. The minimum absolute atomic E-state index is 0.0205. The zero-order chi connectivity index (χ0) is 25.1. The van der Waals surface area contributed by atoms with Gasteiger partial charge in [-0.25, -0.2) is 0 Å². The van der Waals surface area contributed by atoms with Gasteiger partial charge in [-0.3, -0.25) is 9.59 Å². The predicted molar refractivity (Wildman–Crippen MR) is 130 cm³/mol. The zero-order valence-electron chi connectivity index (χ0n) is 20.4. The van der Waals surface area contributed by atoms with Gasteiger partial charge < -0.3 is 23.8 Å². The first-order valence-corrected chi connectivity index (χ1v) is 11.9. The second-order valence-corrected chi connectivity index (χ2v) is 9.97. The van der Waals surface area contributed by atoms with Crippen LogP contribution >= 0.6 is 11.6 Å². The van der Waals surface area contributed by atoms with Crippen molar-refractivity contribution in [3.05, 3.63) is 63.4 Å². The number of benzene rings is 2. The molecule has 2 aromatic carbocycles. The number of carbonyl (C=O) groups excluding carboxylic acids is 2. The molecule has 7 nitrogen and oxygen atoms in total. The number of rotatable bonds is 5. The molecule has 0 amide bonds. The number of fused-ring (bicyclic) bond motifs is 2. The fourth-order valence-corrected chi connectivity index (χ4v) is 5.58. The van der Waals surface area contributed by atoms with Crippen LogP contribution in [0, 0.1) is 5.92 Å². The molecule has 0 bridgehead atoms. The van der Waals surface area contributed by atoms with Crippen LogP contribution in [-0.2, 0) is 16.1 Å². The average Bonchev–Trinajstić information content (AvgIpc) is 3.40. The van der Waals surface area contributed by atoms with E-state index in [2.05, 4.69) is 17.0 Å². The number of carbonyl (C=O) groups is 2. The highest BCUT2D eigenvalue weighted by Crippen LogP contribution is 2.58. The Morgan fingerprint density at radius 1 is 1.09 bits per heavy atom. The lowest BCUT2D eigenvalue weighted by Crippen LogP contribution is -2.52. The minimum atomic E-state index is -1.48. The van der Waals surface area contributed by atoms with E-state index in [0.29, 0.717) is 29.3 Å². The molecule has 8 heteroatoms. The van der Waals surface area contributed by atoms with Gasteiger partial charge in [0.2, 0.25) is 11.4 Å². The van der Waals surface area contributed by atoms with Crippen LogP contribution in [0.15, 0.2) is 41.7 Å². The molecule has 184 valence electrons. The number of Topliss-reactive ketones (excluding diaryl/α,β-unsaturated/α-hetero) is 2. The quantitative estimate of drug-likeness (QED) is 0.589. The van der Waals surface area contributed by atoms with Gasteiger partial charge in [-0.15, -0.1) is 0 Å². The Hall–Kier alpha value is -3.03. The standard InChI is InChI=1S/C27H28ClNO6/c1-14-10-18(30)17-11-19(16-8-6-15(7-9-16)13-29(2)3)34-26(17)27(14)25(31)22-20(32-4)12-21(33-5)23(28)24(22)35-27/h6-9,12,14,19H,10-11,13H2,1-5H3/t14-,19?,27-/m1/s1. The summed E-state index contributed by atoms with van der Waals surface area (Å²) in [6, 6.07) is 9.71. The molecule has 2 aromatic rings. The van der Waals surface area contributed by atoms with Crippen molar-refractivity contribution in [2.75, 3.05) is 28.3 Å². The first-order valence-electron chi connectivity index (χ1n) is 11.6. The first kappa shape index (κ1) is 23.7. The average molecular weight is 498 g/mol. The van der Waals surface area contributed by atoms with Gasteiger partial charge in [-0.05, 0) is 25.2 Å². The van der Waals surface area contributed by atoms with Crippen LogP contribution in [0.5, 0.6) is 17.2 Å². The third-order valence-electron chi connectivity index (χ3n) is 7.05. The maximum atomic E-state index is 14.0. The third-order valence-corrected chi connectivity index (χ3v) is 7.41. The summed E-state index contributed by atoms with van der Waals surface area (Å²) < 4.78 is 23.7. The number of methoxy groups -OCH3 is 2. The molecular weight excluding hydrogens is 470 g/mol. The molecule has 0 saturated carbocycles. The minimum Gasteiger partial charge on any atom is -0.496 e. The normalized spacial score (nSPS) is 25.0. The first-order chi connectivity index (χ1) is 16.7. The number of ether oxygens (including phenoxy) is 4. The maximum absolute atomic E-state index is 14.0. The van der Waals surface area contributed by atoms with E-state index in [0.717, 1.165) is 12.1 Å². The van der Waals surface area contributed by atoms with Gasteiger partial charge in [-0.2, -0.15) is 0 Å². The maximum Gasteiger partial charge on any atom is 0.231 e. The van der Waals surface area contributed by atoms with Gasteiger partial charge in [0.1, 0.15) is 28.2 Å². The summed E-state index contributed by atoms with van der Waals surface area (Å²) in [5.74, 6) is 0.338. The van der Waals surface area contributed by atoms with Crippen molar-refractivity contribution in [3.63, 3.8) is 0 Å². The molecule has 1 spiro atoms. The molecule has 1 unspecified atom stereocenters. The highest BCUT2D eigenvalue weighted by molar-refractivity contribution is 6.35. The smallest absolute Gasteiger partial charge is 0.231 e. The molecule has 3 aliphatic rings. The van der Waals surface area contributed by atoms with E-state index in [4.69, 9.17) is 30.5 Å². The van der Waals surface area contributed by atoms with E-state index in [1.165, 1.54) is 19.8 Å². The number of ketones is 2. The second-order valence-electron chi connectivity index (χ2n) is 9.59. The molecule has 0 N–H and O–H groups in total. The molecule has 2 heterocycles. The van der Waals surface area contributed by atoms with Crippen LogP contribution in [0.2, 0.25) is 5.02 Å². The lowest BCUT2D eigenvalue weighted by atomic mass is 9.73. The number of hydrogen-bond acceptors (Lipinski definition) is 7. The van der Waals surface area contributed by atoms with Crippen molar-refractivity contribution >= 4 is 23.2 Å². The molecule has 0 aromatic heterocycles. The Labute approximate surface area is 209 Å². The molecule has 3 atom stereocenters. The summed E-state index contributed by atoms with van der Waals surface area (Å²) in [6.07, 6.45) is 0.177. The molecule has 5 rings (SSSR count). The van der Waals surface area contributed by atoms with E-state index in [9.17, 15) is 9.59 Å². The summed E-state index contributed by atoms with van der Waals surface area (Å²) in [5.41, 5.74) is 1.39. The molecule has 1 aliphatic carbocycles. The Kier molecular flexibility index (Phi) is 5.80. The summed E-state index contributed by atoms with van der Waals surface area (Å²) in [6.45, 7) is 2.65. The Bertz CT molecular complexity index is 1250. The van der Waals surface area contributed by atoms with Crippen LogP contribution in [0.4, 0.5) is 0 Å². The van der Waals surface area contributed by atoms with Crippen molar-refractivity contribution in [1.82, 2.24) is 4.90 Å². The number of halogens is 1. The predicted octanol–water partition coefficient (Wildman–Crippen LogP) is 4.76. The summed E-state index contributed by atoms with van der Waals surface area (Å²) >= 11 is 6.56. The van der Waals surface area contributed by atoms with Crippen LogP contribution in [0.25, 0.3) is 0 Å². The SMILES string of the molecule is COc1cc(OC)c2c(c1Cl)O[C@]1(C2=O)C2=C(CC(c3ccc(CN(C)C)cc3)O2)C(=O)C[C@H]1C. The number of nitrogens with zero attached hydrogens (tertiary/aromatic N) is 1. The van der Waals surface area contributed by atoms with Crippen LogP contribution < -0.4 is 14.2 Å². The van der Waals surface area contributed by atoms with E-state index < -0.39 is 11.5 Å². The van der Waals surface area contributed by atoms with Crippen molar-refractivity contribution in [3.8, 4) is 17.2 Å².